The van der Waals surface area contributed by atoms with Crippen molar-refractivity contribution in [2.45, 2.75) is 38.5 Å². The summed E-state index contributed by atoms with van der Waals surface area (Å²) in [5.41, 5.74) is 1.11. The van der Waals surface area contributed by atoms with E-state index in [4.69, 9.17) is 0 Å². The van der Waals surface area contributed by atoms with Gasteiger partial charge in [-0.25, -0.2) is 4.98 Å². The molecule has 2 aliphatic heterocycles. The topological polar surface area (TPSA) is 52.2 Å². The Hall–Kier alpha value is -1.36. The number of aryl methyl sites for hydroxylation is 1. The van der Waals surface area contributed by atoms with Crippen LogP contribution in [0.4, 0.5) is 0 Å². The number of aromatic amines is 1. The van der Waals surface area contributed by atoms with Crippen LogP contribution in [0.2, 0.25) is 0 Å². The number of amides is 1. The highest BCUT2D eigenvalue weighted by molar-refractivity contribution is 5.78. The van der Waals surface area contributed by atoms with Crippen LogP contribution in [0.15, 0.2) is 6.20 Å². The van der Waals surface area contributed by atoms with E-state index >= 15 is 0 Å². The SMILES string of the molecule is Cc1cnc(C2CCN(CC(=O)N3CCCCC3)C2)[nH]1. The van der Waals surface area contributed by atoms with Gasteiger partial charge in [-0.2, -0.15) is 0 Å². The standard InChI is InChI=1S/C15H24N4O/c1-12-9-16-15(17-12)13-5-8-18(10-13)11-14(20)19-6-3-2-4-7-19/h9,13H,2-8,10-11H2,1H3,(H,16,17). The lowest BCUT2D eigenvalue weighted by Crippen LogP contribution is -2.42. The average Bonchev–Trinajstić information content (AvgIpc) is 3.09. The molecule has 1 aromatic rings. The van der Waals surface area contributed by atoms with Crippen LogP contribution >= 0.6 is 0 Å². The smallest absolute Gasteiger partial charge is 0.236 e. The van der Waals surface area contributed by atoms with Crippen LogP contribution in [0.1, 0.15) is 43.1 Å². The van der Waals surface area contributed by atoms with Gasteiger partial charge in [-0.15, -0.1) is 0 Å². The van der Waals surface area contributed by atoms with Crippen molar-refractivity contribution in [2.75, 3.05) is 32.7 Å². The summed E-state index contributed by atoms with van der Waals surface area (Å²) < 4.78 is 0. The number of carbonyl (C=O) groups excluding carboxylic acids is 1. The second-order valence-corrected chi connectivity index (χ2v) is 6.11. The molecule has 0 saturated carbocycles. The van der Waals surface area contributed by atoms with Crippen molar-refractivity contribution in [1.82, 2.24) is 19.8 Å². The molecule has 0 aromatic carbocycles. The minimum absolute atomic E-state index is 0.306. The van der Waals surface area contributed by atoms with Crippen molar-refractivity contribution < 1.29 is 4.79 Å². The van der Waals surface area contributed by atoms with Crippen molar-refractivity contribution in [2.24, 2.45) is 0 Å². The first kappa shape index (κ1) is 13.6. The number of hydrogen-bond acceptors (Lipinski definition) is 3. The third-order valence-corrected chi connectivity index (χ3v) is 4.45. The number of nitrogens with one attached hydrogen (secondary N) is 1. The zero-order valence-electron chi connectivity index (χ0n) is 12.3. The molecule has 1 unspecified atom stereocenters. The molecule has 2 saturated heterocycles. The normalized spacial score (nSPS) is 24.2. The van der Waals surface area contributed by atoms with E-state index in [1.807, 2.05) is 18.0 Å². The van der Waals surface area contributed by atoms with E-state index in [0.29, 0.717) is 18.4 Å². The minimum atomic E-state index is 0.306. The second-order valence-electron chi connectivity index (χ2n) is 6.11. The van der Waals surface area contributed by atoms with E-state index < -0.39 is 0 Å². The summed E-state index contributed by atoms with van der Waals surface area (Å²) >= 11 is 0. The van der Waals surface area contributed by atoms with Crippen LogP contribution in [0, 0.1) is 6.92 Å². The fourth-order valence-electron chi connectivity index (χ4n) is 3.27. The Kier molecular flexibility index (Phi) is 4.05. The first-order valence-corrected chi connectivity index (χ1v) is 7.74. The van der Waals surface area contributed by atoms with Gasteiger partial charge in [0.25, 0.3) is 0 Å². The van der Waals surface area contributed by atoms with E-state index in [0.717, 1.165) is 44.1 Å². The Bertz CT molecular complexity index is 464. The number of nitrogens with zero attached hydrogens (tertiary/aromatic N) is 3. The Morgan fingerprint density at radius 1 is 1.35 bits per heavy atom. The number of aromatic nitrogens is 2. The van der Waals surface area contributed by atoms with Gasteiger partial charge in [-0.05, 0) is 39.2 Å². The van der Waals surface area contributed by atoms with Crippen LogP contribution in [0.25, 0.3) is 0 Å². The van der Waals surface area contributed by atoms with E-state index in [-0.39, 0.29) is 0 Å². The van der Waals surface area contributed by atoms with Crippen molar-refractivity contribution in [3.8, 4) is 0 Å². The monoisotopic (exact) mass is 276 g/mol. The summed E-state index contributed by atoms with van der Waals surface area (Å²) in [5, 5.41) is 0. The number of imidazole rings is 1. The van der Waals surface area contributed by atoms with E-state index in [1.165, 1.54) is 19.3 Å². The highest BCUT2D eigenvalue weighted by Gasteiger charge is 2.28. The molecule has 110 valence electrons. The predicted molar refractivity (Wildman–Crippen MR) is 77.6 cm³/mol. The Balaban J connectivity index is 1.51. The van der Waals surface area contributed by atoms with Gasteiger partial charge in [0.05, 0.1) is 6.54 Å². The molecule has 2 fully saturated rings. The summed E-state index contributed by atoms with van der Waals surface area (Å²) in [5.74, 6) is 1.84. The van der Waals surface area contributed by atoms with E-state index in [1.54, 1.807) is 0 Å². The van der Waals surface area contributed by atoms with Crippen molar-refractivity contribution >= 4 is 5.91 Å². The zero-order chi connectivity index (χ0) is 13.9. The quantitative estimate of drug-likeness (QED) is 0.910. The Labute approximate surface area is 120 Å². The lowest BCUT2D eigenvalue weighted by molar-refractivity contribution is -0.133. The summed E-state index contributed by atoms with van der Waals surface area (Å²) in [7, 11) is 0. The van der Waals surface area contributed by atoms with Crippen LogP contribution in [0.5, 0.6) is 0 Å². The first-order valence-electron chi connectivity index (χ1n) is 7.74. The summed E-state index contributed by atoms with van der Waals surface area (Å²) in [6.45, 7) is 6.47. The Morgan fingerprint density at radius 3 is 2.85 bits per heavy atom. The molecular weight excluding hydrogens is 252 g/mol. The molecular formula is C15H24N4O. The number of H-pyrrole nitrogens is 1. The van der Waals surface area contributed by atoms with Gasteiger partial charge in [0.2, 0.25) is 5.91 Å². The number of piperidine rings is 1. The summed E-state index contributed by atoms with van der Waals surface area (Å²) in [6.07, 6.45) is 6.59. The van der Waals surface area contributed by atoms with Crippen LogP contribution in [0.3, 0.4) is 0 Å². The second kappa shape index (κ2) is 5.95. The predicted octanol–water partition coefficient (Wildman–Crippen LogP) is 1.52. The molecule has 5 heteroatoms. The molecule has 5 nitrogen and oxygen atoms in total. The largest absolute Gasteiger partial charge is 0.346 e. The molecule has 1 aromatic heterocycles. The van der Waals surface area contributed by atoms with Crippen molar-refractivity contribution in [3.63, 3.8) is 0 Å². The Morgan fingerprint density at radius 2 is 2.15 bits per heavy atom. The lowest BCUT2D eigenvalue weighted by Gasteiger charge is -2.28. The molecule has 3 heterocycles. The van der Waals surface area contributed by atoms with Crippen LogP contribution in [-0.2, 0) is 4.79 Å². The fraction of sp³-hybridized carbons (Fsp3) is 0.733. The third-order valence-electron chi connectivity index (χ3n) is 4.45. The average molecular weight is 276 g/mol. The van der Waals surface area contributed by atoms with Gasteiger partial charge in [0.15, 0.2) is 0 Å². The van der Waals surface area contributed by atoms with Crippen molar-refractivity contribution in [3.05, 3.63) is 17.7 Å². The minimum Gasteiger partial charge on any atom is -0.346 e. The number of rotatable bonds is 3. The van der Waals surface area contributed by atoms with Crippen LogP contribution < -0.4 is 0 Å². The maximum absolute atomic E-state index is 12.3. The molecule has 20 heavy (non-hydrogen) atoms. The molecule has 1 atom stereocenters. The molecule has 1 amide bonds. The van der Waals surface area contributed by atoms with Gasteiger partial charge >= 0.3 is 0 Å². The number of likely N-dealkylation sites (tertiary alicyclic amines) is 2. The number of hydrogen-bond donors (Lipinski definition) is 1. The van der Waals surface area contributed by atoms with E-state index in [2.05, 4.69) is 14.9 Å². The lowest BCUT2D eigenvalue weighted by atomic mass is 10.1. The van der Waals surface area contributed by atoms with Crippen molar-refractivity contribution in [1.29, 1.82) is 0 Å². The first-order chi connectivity index (χ1) is 9.72. The van der Waals surface area contributed by atoms with Gasteiger partial charge in [0.1, 0.15) is 5.82 Å². The third kappa shape index (κ3) is 3.03. The maximum Gasteiger partial charge on any atom is 0.236 e. The zero-order valence-corrected chi connectivity index (χ0v) is 12.3. The summed E-state index contributed by atoms with van der Waals surface area (Å²) in [6, 6.07) is 0. The molecule has 0 spiro atoms. The maximum atomic E-state index is 12.3. The molecule has 1 N–H and O–H groups in total. The molecule has 3 rings (SSSR count). The highest BCUT2D eigenvalue weighted by Crippen LogP contribution is 2.25. The fourth-order valence-corrected chi connectivity index (χ4v) is 3.27. The van der Waals surface area contributed by atoms with E-state index in [9.17, 15) is 4.79 Å². The van der Waals surface area contributed by atoms with Gasteiger partial charge in [-0.3, -0.25) is 9.69 Å². The number of carbonyl (C=O) groups is 1. The molecule has 0 bridgehead atoms. The molecule has 0 radical (unpaired) electrons. The van der Waals surface area contributed by atoms with Gasteiger partial charge in [0, 0.05) is 37.4 Å². The highest BCUT2D eigenvalue weighted by atomic mass is 16.2. The van der Waals surface area contributed by atoms with Gasteiger partial charge < -0.3 is 9.88 Å². The molecule has 2 aliphatic rings. The van der Waals surface area contributed by atoms with Gasteiger partial charge in [-0.1, -0.05) is 0 Å². The van der Waals surface area contributed by atoms with Crippen LogP contribution in [-0.4, -0.2) is 58.4 Å². The summed E-state index contributed by atoms with van der Waals surface area (Å²) in [4.78, 5) is 24.3. The molecule has 0 aliphatic carbocycles.